The fourth-order valence-corrected chi connectivity index (χ4v) is 4.48. The number of ether oxygens (including phenoxy) is 1. The van der Waals surface area contributed by atoms with Crippen LogP contribution in [0.1, 0.15) is 35.0 Å². The van der Waals surface area contributed by atoms with E-state index in [9.17, 15) is 24.6 Å². The molecule has 0 saturated heterocycles. The zero-order valence-corrected chi connectivity index (χ0v) is 21.2. The first-order valence-corrected chi connectivity index (χ1v) is 12.0. The molecule has 4 aromatic rings. The van der Waals surface area contributed by atoms with E-state index >= 15 is 0 Å². The Kier molecular flexibility index (Phi) is 7.71. The van der Waals surface area contributed by atoms with Crippen molar-refractivity contribution in [3.8, 4) is 17.2 Å². The van der Waals surface area contributed by atoms with Gasteiger partial charge < -0.3 is 35.0 Å². The van der Waals surface area contributed by atoms with E-state index in [0.717, 1.165) is 22.5 Å². The minimum atomic E-state index is -0.921. The third-order valence-electron chi connectivity index (χ3n) is 6.38. The average Bonchev–Trinajstić information content (AvgIpc) is 3.31. The van der Waals surface area contributed by atoms with Crippen molar-refractivity contribution in [1.82, 2.24) is 15.6 Å². The molecule has 0 aliphatic heterocycles. The van der Waals surface area contributed by atoms with Crippen molar-refractivity contribution in [3.63, 3.8) is 0 Å². The first-order valence-electron chi connectivity index (χ1n) is 12.0. The van der Waals surface area contributed by atoms with Gasteiger partial charge >= 0.3 is 0 Å². The molecule has 10 nitrogen and oxygen atoms in total. The van der Waals surface area contributed by atoms with Crippen molar-refractivity contribution < 1.29 is 29.0 Å². The Morgan fingerprint density at radius 1 is 1.13 bits per heavy atom. The number of hydrogen-bond donors (Lipinski definition) is 5. The van der Waals surface area contributed by atoms with E-state index < -0.39 is 29.0 Å². The largest absolute Gasteiger partial charge is 0.504 e. The summed E-state index contributed by atoms with van der Waals surface area (Å²) >= 11 is 0. The number of amides is 2. The molecule has 2 atom stereocenters. The maximum atomic E-state index is 13.3. The lowest BCUT2D eigenvalue weighted by Crippen LogP contribution is -2.47. The van der Waals surface area contributed by atoms with Crippen molar-refractivity contribution in [2.24, 2.45) is 0 Å². The summed E-state index contributed by atoms with van der Waals surface area (Å²) in [6.07, 6.45) is 1.77. The van der Waals surface area contributed by atoms with Crippen LogP contribution in [0.2, 0.25) is 0 Å². The number of carbonyl (C=O) groups excluding carboxylic acids is 2. The van der Waals surface area contributed by atoms with Crippen LogP contribution in [0.4, 0.5) is 0 Å². The molecule has 0 saturated carbocycles. The van der Waals surface area contributed by atoms with Crippen molar-refractivity contribution in [2.75, 3.05) is 14.2 Å². The molecule has 10 heteroatoms. The lowest BCUT2D eigenvalue weighted by molar-refractivity contribution is -0.128. The zero-order valence-electron chi connectivity index (χ0n) is 21.2. The van der Waals surface area contributed by atoms with Gasteiger partial charge in [-0.3, -0.25) is 14.4 Å². The molecule has 0 radical (unpaired) electrons. The number of H-pyrrole nitrogens is 1. The highest BCUT2D eigenvalue weighted by atomic mass is 16.5. The molecule has 38 heavy (non-hydrogen) atoms. The molecule has 4 rings (SSSR count). The molecule has 2 aromatic carbocycles. The van der Waals surface area contributed by atoms with Gasteiger partial charge in [-0.15, -0.1) is 0 Å². The third kappa shape index (κ3) is 5.49. The number of hydrogen-bond acceptors (Lipinski definition) is 7. The predicted molar refractivity (Wildman–Crippen MR) is 140 cm³/mol. The molecule has 0 fully saturated rings. The molecule has 0 unspecified atom stereocenters. The van der Waals surface area contributed by atoms with E-state index in [1.165, 1.54) is 26.3 Å². The molecule has 2 heterocycles. The Bertz CT molecular complexity index is 1540. The molecule has 0 spiro atoms. The lowest BCUT2D eigenvalue weighted by Gasteiger charge is -2.21. The van der Waals surface area contributed by atoms with Crippen LogP contribution < -0.4 is 20.8 Å². The van der Waals surface area contributed by atoms with Crippen LogP contribution in [0.25, 0.3) is 10.9 Å². The SMILES string of the molecule is CNC(=O)[C@@H](Cc1c[nH]c2ccccc12)NC(=O)C[C@@H](c1ccc(O)c(OC)c1)c1oc(C)cc(=O)c1O. The summed E-state index contributed by atoms with van der Waals surface area (Å²) in [5, 5.41) is 26.9. The summed E-state index contributed by atoms with van der Waals surface area (Å²) in [4.78, 5) is 41.5. The minimum absolute atomic E-state index is 0.106. The summed E-state index contributed by atoms with van der Waals surface area (Å²) in [6, 6.07) is 12.3. The van der Waals surface area contributed by atoms with Crippen LogP contribution >= 0.6 is 0 Å². The van der Waals surface area contributed by atoms with Crippen molar-refractivity contribution in [3.05, 3.63) is 87.6 Å². The standard InChI is InChI=1S/C28H29N3O7/c1-15-10-23(33)26(35)27(38-15)19(16-8-9-22(32)24(12-16)37-3)13-25(34)31-21(28(36)29-2)11-17-14-30-20-7-5-4-6-18(17)20/h4-10,12,14,19,21,30,32,35H,11,13H2,1-3H3,(H,29,36)(H,31,34)/t19-,21+/m0/s1. The maximum Gasteiger partial charge on any atom is 0.242 e. The number of phenols is 1. The highest BCUT2D eigenvalue weighted by molar-refractivity contribution is 5.89. The Hall–Kier alpha value is -4.73. The molecule has 0 aliphatic rings. The quantitative estimate of drug-likeness (QED) is 0.228. The molecule has 2 aromatic heterocycles. The molecule has 0 aliphatic carbocycles. The summed E-state index contributed by atoms with van der Waals surface area (Å²) < 4.78 is 10.9. The number of aromatic nitrogens is 1. The summed E-state index contributed by atoms with van der Waals surface area (Å²) in [5.41, 5.74) is 1.57. The van der Waals surface area contributed by atoms with E-state index in [0.29, 0.717) is 5.56 Å². The van der Waals surface area contributed by atoms with Gasteiger partial charge in [0.15, 0.2) is 17.3 Å². The Labute approximate surface area is 218 Å². The second kappa shape index (κ2) is 11.1. The number of nitrogens with one attached hydrogen (secondary N) is 3. The number of fused-ring (bicyclic) bond motifs is 1. The highest BCUT2D eigenvalue weighted by Gasteiger charge is 2.29. The normalized spacial score (nSPS) is 12.6. The number of likely N-dealkylation sites (N-methyl/N-ethyl adjacent to an activating group) is 1. The second-order valence-electron chi connectivity index (χ2n) is 8.92. The summed E-state index contributed by atoms with van der Waals surface area (Å²) in [5.74, 6) is -2.27. The first-order chi connectivity index (χ1) is 18.2. The van der Waals surface area contributed by atoms with Crippen LogP contribution in [0.5, 0.6) is 17.2 Å². The third-order valence-corrected chi connectivity index (χ3v) is 6.38. The first kappa shape index (κ1) is 26.3. The van der Waals surface area contributed by atoms with E-state index in [1.54, 1.807) is 19.2 Å². The number of aromatic hydroxyl groups is 2. The fraction of sp³-hybridized carbons (Fsp3) is 0.250. The monoisotopic (exact) mass is 519 g/mol. The van der Waals surface area contributed by atoms with E-state index in [1.807, 2.05) is 24.3 Å². The van der Waals surface area contributed by atoms with Gasteiger partial charge in [-0.2, -0.15) is 0 Å². The van der Waals surface area contributed by atoms with Crippen LogP contribution in [0.15, 0.2) is 63.9 Å². The Balaban J connectivity index is 1.66. The Morgan fingerprint density at radius 3 is 2.63 bits per heavy atom. The van der Waals surface area contributed by atoms with Gasteiger partial charge in [0.1, 0.15) is 11.8 Å². The smallest absolute Gasteiger partial charge is 0.242 e. The van der Waals surface area contributed by atoms with E-state index in [-0.39, 0.29) is 41.8 Å². The molecule has 5 N–H and O–H groups in total. The van der Waals surface area contributed by atoms with Gasteiger partial charge in [-0.05, 0) is 36.2 Å². The summed E-state index contributed by atoms with van der Waals surface area (Å²) in [6.45, 7) is 1.56. The summed E-state index contributed by atoms with van der Waals surface area (Å²) in [7, 11) is 2.87. The van der Waals surface area contributed by atoms with Crippen LogP contribution in [-0.2, 0) is 16.0 Å². The number of aromatic amines is 1. The van der Waals surface area contributed by atoms with Gasteiger partial charge in [-0.1, -0.05) is 24.3 Å². The van der Waals surface area contributed by atoms with Crippen LogP contribution in [0, 0.1) is 6.92 Å². The van der Waals surface area contributed by atoms with Crippen molar-refractivity contribution in [1.29, 1.82) is 0 Å². The highest BCUT2D eigenvalue weighted by Crippen LogP contribution is 2.37. The second-order valence-corrected chi connectivity index (χ2v) is 8.92. The number of para-hydroxylation sites is 1. The number of carbonyl (C=O) groups is 2. The minimum Gasteiger partial charge on any atom is -0.504 e. The number of phenolic OH excluding ortho intramolecular Hbond substituents is 1. The number of methoxy groups -OCH3 is 1. The van der Waals surface area contributed by atoms with Gasteiger partial charge in [-0.25, -0.2) is 0 Å². The molecular weight excluding hydrogens is 490 g/mol. The Morgan fingerprint density at radius 2 is 1.89 bits per heavy atom. The maximum absolute atomic E-state index is 13.3. The molecule has 2 amide bonds. The van der Waals surface area contributed by atoms with Crippen molar-refractivity contribution in [2.45, 2.75) is 31.7 Å². The predicted octanol–water partition coefficient (Wildman–Crippen LogP) is 2.84. The average molecular weight is 520 g/mol. The lowest BCUT2D eigenvalue weighted by atomic mass is 9.91. The number of rotatable bonds is 9. The van der Waals surface area contributed by atoms with Gasteiger partial charge in [0.25, 0.3) is 0 Å². The zero-order chi connectivity index (χ0) is 27.4. The number of aryl methyl sites for hydroxylation is 1. The van der Waals surface area contributed by atoms with Gasteiger partial charge in [0, 0.05) is 43.1 Å². The van der Waals surface area contributed by atoms with E-state index in [2.05, 4.69) is 15.6 Å². The van der Waals surface area contributed by atoms with E-state index in [4.69, 9.17) is 9.15 Å². The molecular formula is C28H29N3O7. The van der Waals surface area contributed by atoms with Crippen LogP contribution in [0.3, 0.4) is 0 Å². The fourth-order valence-electron chi connectivity index (χ4n) is 4.48. The van der Waals surface area contributed by atoms with Gasteiger partial charge in [0.05, 0.1) is 13.0 Å². The number of benzene rings is 2. The topological polar surface area (TPSA) is 154 Å². The molecule has 0 bridgehead atoms. The van der Waals surface area contributed by atoms with Gasteiger partial charge in [0.2, 0.25) is 23.0 Å². The molecule has 198 valence electrons. The van der Waals surface area contributed by atoms with Crippen molar-refractivity contribution >= 4 is 22.7 Å². The van der Waals surface area contributed by atoms with Crippen LogP contribution in [-0.4, -0.2) is 47.2 Å².